The lowest BCUT2D eigenvalue weighted by atomic mass is 10.2. The highest BCUT2D eigenvalue weighted by molar-refractivity contribution is 7.09. The lowest BCUT2D eigenvalue weighted by Crippen LogP contribution is -2.03. The second-order valence-corrected chi connectivity index (χ2v) is 5.24. The van der Waals surface area contributed by atoms with Gasteiger partial charge < -0.3 is 19.9 Å². The lowest BCUT2D eigenvalue weighted by Gasteiger charge is -2.15. The van der Waals surface area contributed by atoms with Gasteiger partial charge in [0.15, 0.2) is 11.5 Å². The monoisotopic (exact) mass is 294 g/mol. The number of rotatable bonds is 6. The van der Waals surface area contributed by atoms with E-state index in [0.717, 1.165) is 16.3 Å². The van der Waals surface area contributed by atoms with Crippen molar-refractivity contribution < 1.29 is 14.2 Å². The van der Waals surface area contributed by atoms with Crippen LogP contribution in [0.1, 0.15) is 16.3 Å². The zero-order chi connectivity index (χ0) is 14.5. The molecule has 0 aliphatic carbocycles. The van der Waals surface area contributed by atoms with E-state index in [0.29, 0.717) is 30.4 Å². The van der Waals surface area contributed by atoms with Crippen molar-refractivity contribution in [1.82, 2.24) is 4.98 Å². The molecule has 2 aromatic rings. The molecule has 0 bridgehead atoms. The number of hydrogen-bond donors (Lipinski definition) is 1. The minimum Gasteiger partial charge on any atom is -0.493 e. The summed E-state index contributed by atoms with van der Waals surface area (Å²) in [4.78, 5) is 4.36. The van der Waals surface area contributed by atoms with Gasteiger partial charge in [-0.05, 0) is 24.6 Å². The molecule has 0 aliphatic rings. The zero-order valence-corrected chi connectivity index (χ0v) is 12.6. The number of aryl methyl sites for hydroxylation is 1. The van der Waals surface area contributed by atoms with Gasteiger partial charge in [-0.25, -0.2) is 4.98 Å². The first-order valence-corrected chi connectivity index (χ1v) is 7.04. The maximum Gasteiger partial charge on any atom is 0.203 e. The normalized spacial score (nSPS) is 10.4. The van der Waals surface area contributed by atoms with Crippen LogP contribution in [0.2, 0.25) is 0 Å². The van der Waals surface area contributed by atoms with Crippen LogP contribution >= 0.6 is 11.3 Å². The molecule has 0 saturated heterocycles. The Bertz CT molecular complexity index is 559. The second kappa shape index (κ2) is 6.58. The average Bonchev–Trinajstić information content (AvgIpc) is 2.89. The molecular formula is C14H18N2O3S. The Morgan fingerprint density at radius 2 is 1.85 bits per heavy atom. The maximum atomic E-state index is 5.80. The number of benzene rings is 1. The molecule has 0 amide bonds. The molecule has 0 aliphatic heterocycles. The molecule has 5 nitrogen and oxygen atoms in total. The van der Waals surface area contributed by atoms with Crippen molar-refractivity contribution in [2.45, 2.75) is 20.1 Å². The molecule has 20 heavy (non-hydrogen) atoms. The zero-order valence-electron chi connectivity index (χ0n) is 11.8. The van der Waals surface area contributed by atoms with Gasteiger partial charge in [0.05, 0.1) is 24.9 Å². The van der Waals surface area contributed by atoms with Crippen molar-refractivity contribution in [3.63, 3.8) is 0 Å². The SMILES string of the molecule is COc1cc(CN)cc(OC)c1OCc1csc(C)n1. The fourth-order valence-corrected chi connectivity index (χ4v) is 2.41. The first kappa shape index (κ1) is 14.6. The van der Waals surface area contributed by atoms with Crippen LogP contribution in [0.25, 0.3) is 0 Å². The molecule has 1 heterocycles. The Morgan fingerprint density at radius 3 is 2.30 bits per heavy atom. The molecule has 2 N–H and O–H groups in total. The summed E-state index contributed by atoms with van der Waals surface area (Å²) in [5, 5.41) is 2.99. The molecular weight excluding hydrogens is 276 g/mol. The van der Waals surface area contributed by atoms with Crippen molar-refractivity contribution in [2.24, 2.45) is 5.73 Å². The molecule has 0 unspecified atom stereocenters. The minimum absolute atomic E-state index is 0.374. The molecule has 0 spiro atoms. The maximum absolute atomic E-state index is 5.80. The van der Waals surface area contributed by atoms with Crippen LogP contribution in [0, 0.1) is 6.92 Å². The van der Waals surface area contributed by atoms with Gasteiger partial charge in [0.25, 0.3) is 0 Å². The molecule has 6 heteroatoms. The van der Waals surface area contributed by atoms with E-state index in [1.807, 2.05) is 24.4 Å². The van der Waals surface area contributed by atoms with Crippen molar-refractivity contribution in [3.8, 4) is 17.2 Å². The molecule has 2 rings (SSSR count). The topological polar surface area (TPSA) is 66.6 Å². The minimum atomic E-state index is 0.374. The van der Waals surface area contributed by atoms with Crippen molar-refractivity contribution >= 4 is 11.3 Å². The van der Waals surface area contributed by atoms with Crippen LogP contribution in [0.4, 0.5) is 0 Å². The van der Waals surface area contributed by atoms with E-state index in [1.54, 1.807) is 25.6 Å². The van der Waals surface area contributed by atoms with E-state index < -0.39 is 0 Å². The molecule has 108 valence electrons. The number of hydrogen-bond acceptors (Lipinski definition) is 6. The van der Waals surface area contributed by atoms with Crippen LogP contribution in [0.5, 0.6) is 17.2 Å². The summed E-state index contributed by atoms with van der Waals surface area (Å²) in [7, 11) is 3.18. The quantitative estimate of drug-likeness (QED) is 0.886. The summed E-state index contributed by atoms with van der Waals surface area (Å²) in [6.45, 7) is 2.75. The van der Waals surface area contributed by atoms with Gasteiger partial charge in [-0.3, -0.25) is 0 Å². The highest BCUT2D eigenvalue weighted by atomic mass is 32.1. The van der Waals surface area contributed by atoms with Gasteiger partial charge in [0.2, 0.25) is 5.75 Å². The number of nitrogens with zero attached hydrogens (tertiary/aromatic N) is 1. The van der Waals surface area contributed by atoms with Gasteiger partial charge >= 0.3 is 0 Å². The smallest absolute Gasteiger partial charge is 0.203 e. The van der Waals surface area contributed by atoms with E-state index >= 15 is 0 Å². The first-order valence-electron chi connectivity index (χ1n) is 6.16. The lowest BCUT2D eigenvalue weighted by molar-refractivity contribution is 0.263. The molecule has 1 aromatic carbocycles. The van der Waals surface area contributed by atoms with E-state index in [9.17, 15) is 0 Å². The third kappa shape index (κ3) is 3.20. The predicted molar refractivity (Wildman–Crippen MR) is 78.6 cm³/mol. The standard InChI is InChI=1S/C14H18N2O3S/c1-9-16-11(8-20-9)7-19-14-12(17-2)4-10(6-15)5-13(14)18-3/h4-5,8H,6-7,15H2,1-3H3. The van der Waals surface area contributed by atoms with Gasteiger partial charge in [-0.1, -0.05) is 0 Å². The molecule has 0 fully saturated rings. The fraction of sp³-hybridized carbons (Fsp3) is 0.357. The van der Waals surface area contributed by atoms with Crippen molar-refractivity contribution in [3.05, 3.63) is 33.8 Å². The number of ether oxygens (including phenoxy) is 3. The Morgan fingerprint density at radius 1 is 1.20 bits per heavy atom. The average molecular weight is 294 g/mol. The van der Waals surface area contributed by atoms with Crippen LogP contribution in [0.15, 0.2) is 17.5 Å². The predicted octanol–water partition coefficient (Wildman–Crippen LogP) is 2.51. The molecule has 0 atom stereocenters. The van der Waals surface area contributed by atoms with E-state index in [1.165, 1.54) is 0 Å². The number of nitrogens with two attached hydrogens (primary N) is 1. The number of aromatic nitrogens is 1. The van der Waals surface area contributed by atoms with Gasteiger partial charge in [-0.15, -0.1) is 11.3 Å². The third-order valence-electron chi connectivity index (χ3n) is 2.79. The Balaban J connectivity index is 2.24. The largest absolute Gasteiger partial charge is 0.493 e. The van der Waals surface area contributed by atoms with Crippen molar-refractivity contribution in [2.75, 3.05) is 14.2 Å². The van der Waals surface area contributed by atoms with Crippen LogP contribution in [-0.2, 0) is 13.2 Å². The van der Waals surface area contributed by atoms with Gasteiger partial charge in [0.1, 0.15) is 6.61 Å². The van der Waals surface area contributed by atoms with Crippen LogP contribution in [-0.4, -0.2) is 19.2 Å². The van der Waals surface area contributed by atoms with Gasteiger partial charge in [-0.2, -0.15) is 0 Å². The third-order valence-corrected chi connectivity index (χ3v) is 3.61. The highest BCUT2D eigenvalue weighted by Crippen LogP contribution is 2.39. The molecule has 0 radical (unpaired) electrons. The number of methoxy groups -OCH3 is 2. The van der Waals surface area contributed by atoms with E-state index in [-0.39, 0.29) is 0 Å². The first-order chi connectivity index (χ1) is 9.67. The summed E-state index contributed by atoms with van der Waals surface area (Å²) in [5.41, 5.74) is 7.47. The Labute approximate surface area is 122 Å². The Hall–Kier alpha value is -1.79. The second-order valence-electron chi connectivity index (χ2n) is 4.18. The van der Waals surface area contributed by atoms with Crippen molar-refractivity contribution in [1.29, 1.82) is 0 Å². The summed E-state index contributed by atoms with van der Waals surface area (Å²) < 4.78 is 16.5. The summed E-state index contributed by atoms with van der Waals surface area (Å²) in [6.07, 6.45) is 0. The summed E-state index contributed by atoms with van der Waals surface area (Å²) in [6, 6.07) is 3.70. The highest BCUT2D eigenvalue weighted by Gasteiger charge is 2.14. The van der Waals surface area contributed by atoms with Crippen LogP contribution < -0.4 is 19.9 Å². The molecule has 0 saturated carbocycles. The Kier molecular flexibility index (Phi) is 4.81. The van der Waals surface area contributed by atoms with Crippen LogP contribution in [0.3, 0.4) is 0 Å². The van der Waals surface area contributed by atoms with Gasteiger partial charge in [0, 0.05) is 11.9 Å². The summed E-state index contributed by atoms with van der Waals surface area (Å²) >= 11 is 1.60. The van der Waals surface area contributed by atoms with E-state index in [2.05, 4.69) is 4.98 Å². The molecule has 1 aromatic heterocycles. The fourth-order valence-electron chi connectivity index (χ4n) is 1.81. The summed E-state index contributed by atoms with van der Waals surface area (Å²) in [5.74, 6) is 1.78. The van der Waals surface area contributed by atoms with E-state index in [4.69, 9.17) is 19.9 Å². The number of thiazole rings is 1.